The Morgan fingerprint density at radius 3 is 2.65 bits per heavy atom. The van der Waals surface area contributed by atoms with Crippen LogP contribution < -0.4 is 0 Å². The third-order valence-electron chi connectivity index (χ3n) is 2.54. The van der Waals surface area contributed by atoms with E-state index < -0.39 is 0 Å². The van der Waals surface area contributed by atoms with E-state index >= 15 is 0 Å². The summed E-state index contributed by atoms with van der Waals surface area (Å²) in [6.45, 7) is 2.47. The second-order valence-electron chi connectivity index (χ2n) is 3.95. The maximum Gasteiger partial charge on any atom is 0.306 e. The molecule has 1 aromatic carbocycles. The lowest BCUT2D eigenvalue weighted by Crippen LogP contribution is -2.05. The molecule has 0 radical (unpaired) electrons. The highest BCUT2D eigenvalue weighted by Crippen LogP contribution is 2.10. The molecule has 0 fully saturated rings. The summed E-state index contributed by atoms with van der Waals surface area (Å²) in [4.78, 5) is 11.2. The van der Waals surface area contributed by atoms with E-state index in [0.29, 0.717) is 19.4 Å². The second-order valence-corrected chi connectivity index (χ2v) is 3.95. The van der Waals surface area contributed by atoms with Crippen molar-refractivity contribution in [1.29, 1.82) is 0 Å². The first-order valence-electron chi connectivity index (χ1n) is 6.10. The summed E-state index contributed by atoms with van der Waals surface area (Å²) in [5, 5.41) is 8.77. The van der Waals surface area contributed by atoms with Crippen LogP contribution in [0.4, 0.5) is 0 Å². The van der Waals surface area contributed by atoms with E-state index in [-0.39, 0.29) is 12.6 Å². The predicted octanol–water partition coefficient (Wildman–Crippen LogP) is 2.11. The molecule has 1 N–H and O–H groups in total. The summed E-state index contributed by atoms with van der Waals surface area (Å²) in [6.07, 6.45) is 2.80. The molecule has 0 aliphatic heterocycles. The molecule has 17 heavy (non-hydrogen) atoms. The number of aryl methyl sites for hydroxylation is 2. The molecule has 0 heterocycles. The van der Waals surface area contributed by atoms with Crippen molar-refractivity contribution in [2.45, 2.75) is 32.6 Å². The smallest absolute Gasteiger partial charge is 0.306 e. The number of carbonyl (C=O) groups excluding carboxylic acids is 1. The van der Waals surface area contributed by atoms with E-state index in [0.717, 1.165) is 18.4 Å². The molecule has 0 unspecified atom stereocenters. The Labute approximate surface area is 102 Å². The Hall–Kier alpha value is -1.35. The molecule has 0 atom stereocenters. The summed E-state index contributed by atoms with van der Waals surface area (Å²) in [6, 6.07) is 8.15. The number of esters is 1. The van der Waals surface area contributed by atoms with E-state index in [9.17, 15) is 4.79 Å². The van der Waals surface area contributed by atoms with Crippen LogP contribution in [0.15, 0.2) is 24.3 Å². The van der Waals surface area contributed by atoms with Crippen LogP contribution in [0, 0.1) is 0 Å². The van der Waals surface area contributed by atoms with Crippen molar-refractivity contribution < 1.29 is 14.6 Å². The molecule has 0 saturated heterocycles. The van der Waals surface area contributed by atoms with Gasteiger partial charge in [0.1, 0.15) is 0 Å². The second kappa shape index (κ2) is 7.85. The summed E-state index contributed by atoms with van der Waals surface area (Å²) in [5.41, 5.74) is 2.36. The minimum absolute atomic E-state index is 0.145. The highest BCUT2D eigenvalue weighted by molar-refractivity contribution is 5.69. The Morgan fingerprint density at radius 2 is 2.00 bits per heavy atom. The van der Waals surface area contributed by atoms with Crippen LogP contribution in [-0.4, -0.2) is 24.3 Å². The van der Waals surface area contributed by atoms with Crippen LogP contribution in [0.5, 0.6) is 0 Å². The van der Waals surface area contributed by atoms with Crippen LogP contribution in [-0.2, 0) is 22.4 Å². The fourth-order valence-corrected chi connectivity index (χ4v) is 1.70. The molecule has 0 bridgehead atoms. The van der Waals surface area contributed by atoms with Gasteiger partial charge in [-0.25, -0.2) is 0 Å². The van der Waals surface area contributed by atoms with Gasteiger partial charge in [0.25, 0.3) is 0 Å². The van der Waals surface area contributed by atoms with Gasteiger partial charge in [-0.05, 0) is 37.3 Å². The van der Waals surface area contributed by atoms with E-state index in [4.69, 9.17) is 9.84 Å². The van der Waals surface area contributed by atoms with Crippen LogP contribution in [0.2, 0.25) is 0 Å². The number of hydrogen-bond donors (Lipinski definition) is 1. The number of benzene rings is 1. The van der Waals surface area contributed by atoms with Crippen molar-refractivity contribution >= 4 is 5.97 Å². The van der Waals surface area contributed by atoms with Crippen LogP contribution in [0.25, 0.3) is 0 Å². The highest BCUT2D eigenvalue weighted by atomic mass is 16.5. The molecular formula is C14H20O3. The zero-order valence-electron chi connectivity index (χ0n) is 10.3. The topological polar surface area (TPSA) is 46.5 Å². The lowest BCUT2D eigenvalue weighted by atomic mass is 10.0. The van der Waals surface area contributed by atoms with Crippen molar-refractivity contribution in [2.75, 3.05) is 13.2 Å². The normalized spacial score (nSPS) is 10.2. The maximum atomic E-state index is 11.2. The number of ether oxygens (including phenoxy) is 1. The molecule has 1 rings (SSSR count). The first kappa shape index (κ1) is 13.7. The van der Waals surface area contributed by atoms with E-state index in [1.807, 2.05) is 25.1 Å². The lowest BCUT2D eigenvalue weighted by molar-refractivity contribution is -0.143. The average Bonchev–Trinajstić information content (AvgIpc) is 2.35. The lowest BCUT2D eigenvalue weighted by Gasteiger charge is -2.05. The number of carbonyl (C=O) groups is 1. The third-order valence-corrected chi connectivity index (χ3v) is 2.54. The van der Waals surface area contributed by atoms with E-state index in [2.05, 4.69) is 6.07 Å². The first-order valence-corrected chi connectivity index (χ1v) is 6.10. The summed E-state index contributed by atoms with van der Waals surface area (Å²) < 4.78 is 4.89. The maximum absolute atomic E-state index is 11.2. The summed E-state index contributed by atoms with van der Waals surface area (Å²) >= 11 is 0. The number of aliphatic hydroxyl groups excluding tert-OH is 1. The Balaban J connectivity index is 2.45. The van der Waals surface area contributed by atoms with Crippen LogP contribution in [0.1, 0.15) is 30.9 Å². The Kier molecular flexibility index (Phi) is 6.33. The van der Waals surface area contributed by atoms with Gasteiger partial charge in [0.05, 0.1) is 6.61 Å². The van der Waals surface area contributed by atoms with Crippen molar-refractivity contribution in [3.05, 3.63) is 35.4 Å². The van der Waals surface area contributed by atoms with Gasteiger partial charge in [-0.2, -0.15) is 0 Å². The van der Waals surface area contributed by atoms with E-state index in [1.165, 1.54) is 5.56 Å². The molecule has 1 aromatic rings. The zero-order valence-corrected chi connectivity index (χ0v) is 10.3. The SMILES string of the molecule is CCOC(=O)CCc1cccc(CCCO)c1. The molecule has 0 amide bonds. The minimum Gasteiger partial charge on any atom is -0.466 e. The Morgan fingerprint density at radius 1 is 1.29 bits per heavy atom. The molecule has 3 heteroatoms. The quantitative estimate of drug-likeness (QED) is 0.737. The standard InChI is InChI=1S/C14H20O3/c1-2-17-14(16)9-8-13-6-3-5-12(11-13)7-4-10-15/h3,5-6,11,15H,2,4,7-10H2,1H3. The fourth-order valence-electron chi connectivity index (χ4n) is 1.70. The van der Waals surface area contributed by atoms with Gasteiger partial charge >= 0.3 is 5.97 Å². The monoisotopic (exact) mass is 236 g/mol. The largest absolute Gasteiger partial charge is 0.466 e. The molecule has 94 valence electrons. The van der Waals surface area contributed by atoms with Crippen molar-refractivity contribution in [1.82, 2.24) is 0 Å². The number of hydrogen-bond acceptors (Lipinski definition) is 3. The van der Waals surface area contributed by atoms with Crippen LogP contribution in [0.3, 0.4) is 0 Å². The molecule has 3 nitrogen and oxygen atoms in total. The Bertz CT molecular complexity index is 347. The van der Waals surface area contributed by atoms with Crippen molar-refractivity contribution in [2.24, 2.45) is 0 Å². The number of rotatable bonds is 7. The predicted molar refractivity (Wildman–Crippen MR) is 66.8 cm³/mol. The summed E-state index contributed by atoms with van der Waals surface area (Å²) in [5.74, 6) is -0.145. The molecule has 0 aliphatic carbocycles. The van der Waals surface area contributed by atoms with Crippen LogP contribution >= 0.6 is 0 Å². The summed E-state index contributed by atoms with van der Waals surface area (Å²) in [7, 11) is 0. The molecule has 0 spiro atoms. The van der Waals surface area contributed by atoms with Gasteiger partial charge in [0.2, 0.25) is 0 Å². The zero-order chi connectivity index (χ0) is 12.5. The molecule has 0 saturated carbocycles. The average molecular weight is 236 g/mol. The van der Waals surface area contributed by atoms with Crippen molar-refractivity contribution in [3.8, 4) is 0 Å². The van der Waals surface area contributed by atoms with Gasteiger partial charge in [-0.15, -0.1) is 0 Å². The van der Waals surface area contributed by atoms with Gasteiger partial charge in [0, 0.05) is 13.0 Å². The first-order chi connectivity index (χ1) is 8.26. The van der Waals surface area contributed by atoms with Gasteiger partial charge < -0.3 is 9.84 Å². The van der Waals surface area contributed by atoms with Gasteiger partial charge in [0.15, 0.2) is 0 Å². The third kappa shape index (κ3) is 5.50. The van der Waals surface area contributed by atoms with Gasteiger partial charge in [-0.3, -0.25) is 4.79 Å². The van der Waals surface area contributed by atoms with E-state index in [1.54, 1.807) is 0 Å². The molecular weight excluding hydrogens is 216 g/mol. The molecule has 0 aliphatic rings. The number of aliphatic hydroxyl groups is 1. The minimum atomic E-state index is -0.145. The fraction of sp³-hybridized carbons (Fsp3) is 0.500. The van der Waals surface area contributed by atoms with Crippen molar-refractivity contribution in [3.63, 3.8) is 0 Å². The van der Waals surface area contributed by atoms with Gasteiger partial charge in [-0.1, -0.05) is 24.3 Å². The molecule has 0 aromatic heterocycles. The highest BCUT2D eigenvalue weighted by Gasteiger charge is 2.03.